The van der Waals surface area contributed by atoms with Crippen LogP contribution in [0.25, 0.3) is 0 Å². The minimum absolute atomic E-state index is 0.126. The van der Waals surface area contributed by atoms with Crippen LogP contribution in [0.2, 0.25) is 0 Å². The van der Waals surface area contributed by atoms with E-state index in [1.807, 2.05) is 24.3 Å². The third kappa shape index (κ3) is 8.11. The van der Waals surface area contributed by atoms with E-state index in [0.29, 0.717) is 67.2 Å². The number of fused-ring (bicyclic) bond motifs is 1. The minimum Gasteiger partial charge on any atom is -0.497 e. The number of hydrogen-bond donors (Lipinski definition) is 1. The van der Waals surface area contributed by atoms with Gasteiger partial charge >= 0.3 is 6.03 Å². The van der Waals surface area contributed by atoms with Crippen LogP contribution in [0.15, 0.2) is 59.2 Å². The Morgan fingerprint density at radius 1 is 0.953 bits per heavy atom. The summed E-state index contributed by atoms with van der Waals surface area (Å²) in [4.78, 5) is 33.1. The summed E-state index contributed by atoms with van der Waals surface area (Å²) in [5.41, 5.74) is 1.35. The molecule has 0 aliphatic carbocycles. The summed E-state index contributed by atoms with van der Waals surface area (Å²) in [6.07, 6.45) is 2.27. The summed E-state index contributed by atoms with van der Waals surface area (Å²) in [6, 6.07) is 14.0. The van der Waals surface area contributed by atoms with E-state index in [-0.39, 0.29) is 25.8 Å². The molecule has 2 aliphatic heterocycles. The molecule has 0 spiro atoms. The maximum Gasteiger partial charge on any atom is 0.322 e. The SMILES string of the molecule is COc1ccc(NC(=O)N(CCCN2CCOCC2)CC(=O)N(Cc2ccc3c(c2)OCO3)Cc2ccco2)c(OC)c1. The Morgan fingerprint density at radius 3 is 2.56 bits per heavy atom. The Kier molecular flexibility index (Phi) is 10.2. The van der Waals surface area contributed by atoms with Crippen molar-refractivity contribution in [3.05, 3.63) is 66.1 Å². The van der Waals surface area contributed by atoms with Gasteiger partial charge in [0.05, 0.1) is 45.9 Å². The monoisotopic (exact) mass is 594 g/mol. The van der Waals surface area contributed by atoms with E-state index in [4.69, 9.17) is 28.1 Å². The van der Waals surface area contributed by atoms with Crippen molar-refractivity contribution in [1.82, 2.24) is 14.7 Å². The molecule has 12 heteroatoms. The molecule has 0 atom stereocenters. The Labute approximate surface area is 251 Å². The lowest BCUT2D eigenvalue weighted by atomic mass is 10.2. The molecule has 230 valence electrons. The number of ether oxygens (including phenoxy) is 5. The molecule has 0 unspecified atom stereocenters. The molecular formula is C31H38N4O8. The quantitative estimate of drug-likeness (QED) is 0.316. The van der Waals surface area contributed by atoms with Crippen LogP contribution < -0.4 is 24.3 Å². The number of carbonyl (C=O) groups excluding carboxylic acids is 2. The maximum atomic E-state index is 13.9. The van der Waals surface area contributed by atoms with E-state index in [1.54, 1.807) is 47.4 Å². The van der Waals surface area contributed by atoms with Gasteiger partial charge in [-0.1, -0.05) is 6.07 Å². The minimum atomic E-state index is -0.403. The van der Waals surface area contributed by atoms with Gasteiger partial charge in [0.2, 0.25) is 12.7 Å². The van der Waals surface area contributed by atoms with Gasteiger partial charge in [-0.05, 0) is 48.4 Å². The Balaban J connectivity index is 1.32. The van der Waals surface area contributed by atoms with Crippen molar-refractivity contribution in [3.8, 4) is 23.0 Å². The zero-order valence-electron chi connectivity index (χ0n) is 24.6. The molecule has 3 amide bonds. The van der Waals surface area contributed by atoms with Gasteiger partial charge < -0.3 is 43.2 Å². The predicted octanol–water partition coefficient (Wildman–Crippen LogP) is 3.81. The lowest BCUT2D eigenvalue weighted by Gasteiger charge is -2.30. The molecule has 0 radical (unpaired) electrons. The average Bonchev–Trinajstić information content (AvgIpc) is 3.73. The highest BCUT2D eigenvalue weighted by atomic mass is 16.7. The molecule has 1 N–H and O–H groups in total. The van der Waals surface area contributed by atoms with Crippen LogP contribution in [0.5, 0.6) is 23.0 Å². The highest BCUT2D eigenvalue weighted by Gasteiger charge is 2.25. The molecule has 2 aromatic carbocycles. The second-order valence-corrected chi connectivity index (χ2v) is 10.2. The molecule has 0 bridgehead atoms. The van der Waals surface area contributed by atoms with Crippen LogP contribution in [-0.4, -0.2) is 93.6 Å². The van der Waals surface area contributed by atoms with E-state index in [1.165, 1.54) is 7.11 Å². The van der Waals surface area contributed by atoms with Gasteiger partial charge in [0.15, 0.2) is 11.5 Å². The zero-order valence-corrected chi connectivity index (χ0v) is 24.6. The number of nitrogens with zero attached hydrogens (tertiary/aromatic N) is 3. The van der Waals surface area contributed by atoms with Gasteiger partial charge in [-0.2, -0.15) is 0 Å². The summed E-state index contributed by atoms with van der Waals surface area (Å²) in [5, 5.41) is 2.92. The van der Waals surface area contributed by atoms with Crippen LogP contribution in [0.3, 0.4) is 0 Å². The number of amides is 3. The van der Waals surface area contributed by atoms with Crippen molar-refractivity contribution in [2.75, 3.05) is 72.3 Å². The van der Waals surface area contributed by atoms with Crippen LogP contribution >= 0.6 is 0 Å². The van der Waals surface area contributed by atoms with Gasteiger partial charge in [0.25, 0.3) is 0 Å². The molecule has 5 rings (SSSR count). The summed E-state index contributed by atoms with van der Waals surface area (Å²) in [5.74, 6) is 2.78. The molecule has 1 fully saturated rings. The number of rotatable bonds is 13. The topological polar surface area (TPSA) is 115 Å². The summed E-state index contributed by atoms with van der Waals surface area (Å²) in [6.45, 7) is 4.85. The molecule has 2 aliphatic rings. The molecule has 3 aromatic rings. The highest BCUT2D eigenvalue weighted by molar-refractivity contribution is 5.93. The number of nitrogens with one attached hydrogen (secondary N) is 1. The number of benzene rings is 2. The van der Waals surface area contributed by atoms with Crippen molar-refractivity contribution in [3.63, 3.8) is 0 Å². The fourth-order valence-electron chi connectivity index (χ4n) is 5.00. The number of methoxy groups -OCH3 is 2. The predicted molar refractivity (Wildman–Crippen MR) is 158 cm³/mol. The second-order valence-electron chi connectivity index (χ2n) is 10.2. The molecule has 12 nitrogen and oxygen atoms in total. The number of carbonyl (C=O) groups is 2. The van der Waals surface area contributed by atoms with Crippen molar-refractivity contribution >= 4 is 17.6 Å². The molecule has 1 aromatic heterocycles. The van der Waals surface area contributed by atoms with Crippen molar-refractivity contribution < 1.29 is 37.7 Å². The van der Waals surface area contributed by atoms with Gasteiger partial charge in [-0.15, -0.1) is 0 Å². The van der Waals surface area contributed by atoms with Crippen molar-refractivity contribution in [2.24, 2.45) is 0 Å². The highest BCUT2D eigenvalue weighted by Crippen LogP contribution is 2.33. The Morgan fingerprint density at radius 2 is 1.79 bits per heavy atom. The smallest absolute Gasteiger partial charge is 0.322 e. The number of hydrogen-bond acceptors (Lipinski definition) is 9. The number of urea groups is 1. The molecule has 1 saturated heterocycles. The van der Waals surface area contributed by atoms with E-state index in [2.05, 4.69) is 10.2 Å². The van der Waals surface area contributed by atoms with E-state index in [9.17, 15) is 9.59 Å². The third-order valence-corrected chi connectivity index (χ3v) is 7.36. The van der Waals surface area contributed by atoms with Crippen LogP contribution in [-0.2, 0) is 22.6 Å². The average molecular weight is 595 g/mol. The van der Waals surface area contributed by atoms with Crippen molar-refractivity contribution in [2.45, 2.75) is 19.5 Å². The number of morpholine rings is 1. The summed E-state index contributed by atoms with van der Waals surface area (Å²) >= 11 is 0. The number of furan rings is 1. The summed E-state index contributed by atoms with van der Waals surface area (Å²) in [7, 11) is 3.09. The third-order valence-electron chi connectivity index (χ3n) is 7.36. The standard InChI is InChI=1S/C31H38N4O8/c1-38-24-7-8-26(28(18-24)39-2)32-31(37)34(11-4-10-33-12-15-40-16-13-33)21-30(36)35(20-25-5-3-14-41-25)19-23-6-9-27-29(17-23)43-22-42-27/h3,5-9,14,17-18H,4,10-13,15-16,19-22H2,1-2H3,(H,32,37). The van der Waals surface area contributed by atoms with Gasteiger partial charge in [-0.3, -0.25) is 9.69 Å². The molecular weight excluding hydrogens is 556 g/mol. The number of anilines is 1. The first-order valence-electron chi connectivity index (χ1n) is 14.3. The van der Waals surface area contributed by atoms with Gasteiger partial charge in [0.1, 0.15) is 23.8 Å². The van der Waals surface area contributed by atoms with Gasteiger partial charge in [-0.25, -0.2) is 4.79 Å². The normalized spacial score (nSPS) is 14.3. The largest absolute Gasteiger partial charge is 0.497 e. The fraction of sp³-hybridized carbons (Fsp3) is 0.419. The molecule has 3 heterocycles. The van der Waals surface area contributed by atoms with Crippen molar-refractivity contribution in [1.29, 1.82) is 0 Å². The van der Waals surface area contributed by atoms with Crippen LogP contribution in [0.1, 0.15) is 17.7 Å². The Bertz CT molecular complexity index is 1360. The second kappa shape index (κ2) is 14.7. The molecule has 0 saturated carbocycles. The first-order valence-corrected chi connectivity index (χ1v) is 14.3. The first kappa shape index (κ1) is 30.1. The lowest BCUT2D eigenvalue weighted by Crippen LogP contribution is -2.45. The fourth-order valence-corrected chi connectivity index (χ4v) is 5.00. The lowest BCUT2D eigenvalue weighted by molar-refractivity contribution is -0.133. The maximum absolute atomic E-state index is 13.9. The summed E-state index contributed by atoms with van der Waals surface area (Å²) < 4.78 is 32.7. The van der Waals surface area contributed by atoms with Crippen LogP contribution in [0.4, 0.5) is 10.5 Å². The Hall–Kier alpha value is -4.42. The van der Waals surface area contributed by atoms with E-state index < -0.39 is 6.03 Å². The van der Waals surface area contributed by atoms with E-state index >= 15 is 0 Å². The van der Waals surface area contributed by atoms with Gasteiger partial charge in [0, 0.05) is 38.8 Å². The first-order chi connectivity index (χ1) is 21.0. The van der Waals surface area contributed by atoms with Crippen LogP contribution in [0, 0.1) is 0 Å². The molecule has 43 heavy (non-hydrogen) atoms. The van der Waals surface area contributed by atoms with E-state index in [0.717, 1.165) is 25.2 Å². The zero-order chi connectivity index (χ0) is 30.0.